The molecule has 0 radical (unpaired) electrons. The molecule has 1 aliphatic rings. The van der Waals surface area contributed by atoms with E-state index in [9.17, 15) is 18.4 Å². The fourth-order valence-electron chi connectivity index (χ4n) is 1.77. The zero-order valence-electron chi connectivity index (χ0n) is 9.04. The van der Waals surface area contributed by atoms with Crippen LogP contribution in [0.1, 0.15) is 6.92 Å². The molecule has 0 spiro atoms. The molecule has 1 saturated heterocycles. The van der Waals surface area contributed by atoms with Gasteiger partial charge >= 0.3 is 0 Å². The minimum atomic E-state index is -0.786. The highest BCUT2D eigenvalue weighted by Crippen LogP contribution is 2.22. The Bertz CT molecular complexity index is 470. The Morgan fingerprint density at radius 3 is 2.41 bits per heavy atom. The van der Waals surface area contributed by atoms with Gasteiger partial charge in [-0.25, -0.2) is 8.78 Å². The molecule has 1 aliphatic heterocycles. The summed E-state index contributed by atoms with van der Waals surface area (Å²) in [4.78, 5) is 24.1. The van der Waals surface area contributed by atoms with E-state index in [0.717, 1.165) is 17.0 Å². The molecular weight excluding hydrogens is 230 g/mol. The summed E-state index contributed by atoms with van der Waals surface area (Å²) in [6.07, 6.45) is 0. The second-order valence-corrected chi connectivity index (χ2v) is 3.79. The highest BCUT2D eigenvalue weighted by Gasteiger charge is 2.32. The standard InChI is InChI=1S/C11H10F2N2O2/c1-6-11(17)14-5-10(16)15(6)9-3-7(12)2-8(13)4-9/h2-4,6H,5H2,1H3,(H,14,17). The van der Waals surface area contributed by atoms with E-state index < -0.39 is 23.6 Å². The van der Waals surface area contributed by atoms with Crippen LogP contribution in [0.5, 0.6) is 0 Å². The third-order valence-corrected chi connectivity index (χ3v) is 2.57. The van der Waals surface area contributed by atoms with Crippen molar-refractivity contribution in [2.45, 2.75) is 13.0 Å². The monoisotopic (exact) mass is 240 g/mol. The molecule has 1 heterocycles. The number of nitrogens with one attached hydrogen (secondary N) is 1. The van der Waals surface area contributed by atoms with Gasteiger partial charge in [-0.15, -0.1) is 0 Å². The highest BCUT2D eigenvalue weighted by molar-refractivity contribution is 6.06. The lowest BCUT2D eigenvalue weighted by Crippen LogP contribution is -2.57. The predicted molar refractivity (Wildman–Crippen MR) is 56.3 cm³/mol. The molecular formula is C11H10F2N2O2. The number of benzene rings is 1. The molecule has 1 aromatic carbocycles. The van der Waals surface area contributed by atoms with Crippen molar-refractivity contribution in [3.05, 3.63) is 29.8 Å². The Balaban J connectivity index is 2.42. The van der Waals surface area contributed by atoms with Crippen LogP contribution in [0.25, 0.3) is 0 Å². The lowest BCUT2D eigenvalue weighted by molar-refractivity contribution is -0.130. The summed E-state index contributed by atoms with van der Waals surface area (Å²) in [6.45, 7) is 1.33. The summed E-state index contributed by atoms with van der Waals surface area (Å²) in [5, 5.41) is 2.39. The molecule has 2 amide bonds. The molecule has 0 saturated carbocycles. The first-order valence-corrected chi connectivity index (χ1v) is 5.05. The van der Waals surface area contributed by atoms with Crippen LogP contribution in [0.4, 0.5) is 14.5 Å². The quantitative estimate of drug-likeness (QED) is 0.790. The fraction of sp³-hybridized carbons (Fsp3) is 0.273. The Morgan fingerprint density at radius 1 is 1.24 bits per heavy atom. The van der Waals surface area contributed by atoms with Crippen molar-refractivity contribution < 1.29 is 18.4 Å². The molecule has 1 atom stereocenters. The van der Waals surface area contributed by atoms with Crippen LogP contribution in [0, 0.1) is 11.6 Å². The average Bonchev–Trinajstić information content (AvgIpc) is 2.23. The van der Waals surface area contributed by atoms with E-state index in [2.05, 4.69) is 5.32 Å². The summed E-state index contributed by atoms with van der Waals surface area (Å²) in [5.74, 6) is -2.33. The van der Waals surface area contributed by atoms with Crippen LogP contribution >= 0.6 is 0 Å². The second-order valence-electron chi connectivity index (χ2n) is 3.79. The van der Waals surface area contributed by atoms with Gasteiger partial charge in [0.2, 0.25) is 11.8 Å². The van der Waals surface area contributed by atoms with E-state index in [1.807, 2.05) is 0 Å². The van der Waals surface area contributed by atoms with Gasteiger partial charge in [0.1, 0.15) is 17.7 Å². The molecule has 1 fully saturated rings. The van der Waals surface area contributed by atoms with Crippen molar-refractivity contribution in [1.29, 1.82) is 0 Å². The van der Waals surface area contributed by atoms with Gasteiger partial charge < -0.3 is 5.32 Å². The molecule has 0 aliphatic carbocycles. The highest BCUT2D eigenvalue weighted by atomic mass is 19.1. The molecule has 4 nitrogen and oxygen atoms in total. The number of amides is 2. The molecule has 1 aromatic rings. The van der Waals surface area contributed by atoms with Crippen molar-refractivity contribution >= 4 is 17.5 Å². The van der Waals surface area contributed by atoms with Crippen molar-refractivity contribution in [3.8, 4) is 0 Å². The molecule has 0 aromatic heterocycles. The van der Waals surface area contributed by atoms with E-state index in [1.165, 1.54) is 6.92 Å². The fourth-order valence-corrected chi connectivity index (χ4v) is 1.77. The molecule has 90 valence electrons. The maximum Gasteiger partial charge on any atom is 0.247 e. The van der Waals surface area contributed by atoms with E-state index >= 15 is 0 Å². The Hall–Kier alpha value is -1.98. The van der Waals surface area contributed by atoms with Crippen molar-refractivity contribution in [2.24, 2.45) is 0 Å². The number of nitrogens with zero attached hydrogens (tertiary/aromatic N) is 1. The Labute approximate surface area is 96.2 Å². The first-order valence-electron chi connectivity index (χ1n) is 5.05. The maximum absolute atomic E-state index is 13.1. The zero-order chi connectivity index (χ0) is 12.6. The summed E-state index contributed by atoms with van der Waals surface area (Å²) >= 11 is 0. The van der Waals surface area contributed by atoms with E-state index in [-0.39, 0.29) is 18.1 Å². The van der Waals surface area contributed by atoms with Gasteiger partial charge in [0.25, 0.3) is 0 Å². The maximum atomic E-state index is 13.1. The molecule has 1 unspecified atom stereocenters. The van der Waals surface area contributed by atoms with Crippen LogP contribution in [0.3, 0.4) is 0 Å². The summed E-state index contributed by atoms with van der Waals surface area (Å²) in [5.41, 5.74) is 0.0508. The number of halogens is 2. The van der Waals surface area contributed by atoms with Crippen LogP contribution in [0.2, 0.25) is 0 Å². The van der Waals surface area contributed by atoms with Gasteiger partial charge in [-0.2, -0.15) is 0 Å². The van der Waals surface area contributed by atoms with E-state index in [1.54, 1.807) is 0 Å². The van der Waals surface area contributed by atoms with Gasteiger partial charge in [0, 0.05) is 6.07 Å². The minimum Gasteiger partial charge on any atom is -0.345 e. The number of carbonyl (C=O) groups excluding carboxylic acids is 2. The molecule has 6 heteroatoms. The van der Waals surface area contributed by atoms with Gasteiger partial charge in [0.05, 0.1) is 12.2 Å². The third-order valence-electron chi connectivity index (χ3n) is 2.57. The van der Waals surface area contributed by atoms with Gasteiger partial charge in [-0.05, 0) is 19.1 Å². The number of hydrogen-bond acceptors (Lipinski definition) is 2. The van der Waals surface area contributed by atoms with E-state index in [0.29, 0.717) is 6.07 Å². The normalized spacial score (nSPS) is 20.4. The summed E-state index contributed by atoms with van der Waals surface area (Å²) in [7, 11) is 0. The lowest BCUT2D eigenvalue weighted by Gasteiger charge is -2.32. The number of piperazine rings is 1. The Morgan fingerprint density at radius 2 is 1.82 bits per heavy atom. The van der Waals surface area contributed by atoms with Gasteiger partial charge in [0.15, 0.2) is 0 Å². The number of hydrogen-bond donors (Lipinski definition) is 1. The average molecular weight is 240 g/mol. The second kappa shape index (κ2) is 4.12. The van der Waals surface area contributed by atoms with Crippen LogP contribution in [-0.2, 0) is 9.59 Å². The SMILES string of the molecule is CC1C(=O)NCC(=O)N1c1cc(F)cc(F)c1. The van der Waals surface area contributed by atoms with E-state index in [4.69, 9.17) is 0 Å². The predicted octanol–water partition coefficient (Wildman–Crippen LogP) is 0.816. The van der Waals surface area contributed by atoms with Crippen LogP contribution in [0.15, 0.2) is 18.2 Å². The van der Waals surface area contributed by atoms with Crippen LogP contribution in [-0.4, -0.2) is 24.4 Å². The van der Waals surface area contributed by atoms with Crippen molar-refractivity contribution in [2.75, 3.05) is 11.4 Å². The van der Waals surface area contributed by atoms with Gasteiger partial charge in [-0.1, -0.05) is 0 Å². The Kier molecular flexibility index (Phi) is 2.79. The van der Waals surface area contributed by atoms with Crippen molar-refractivity contribution in [1.82, 2.24) is 5.32 Å². The topological polar surface area (TPSA) is 49.4 Å². The largest absolute Gasteiger partial charge is 0.345 e. The van der Waals surface area contributed by atoms with Crippen LogP contribution < -0.4 is 10.2 Å². The summed E-state index contributed by atoms with van der Waals surface area (Å²) in [6, 6.07) is 1.98. The lowest BCUT2D eigenvalue weighted by atomic mass is 10.1. The first-order chi connectivity index (χ1) is 7.99. The number of anilines is 1. The van der Waals surface area contributed by atoms with Crippen molar-refractivity contribution in [3.63, 3.8) is 0 Å². The molecule has 0 bridgehead atoms. The molecule has 17 heavy (non-hydrogen) atoms. The third kappa shape index (κ3) is 2.11. The minimum absolute atomic E-state index is 0.0508. The zero-order valence-corrected chi connectivity index (χ0v) is 9.04. The summed E-state index contributed by atoms with van der Waals surface area (Å²) < 4.78 is 26.1. The van der Waals surface area contributed by atoms with Gasteiger partial charge in [-0.3, -0.25) is 14.5 Å². The first kappa shape index (κ1) is 11.5. The molecule has 2 rings (SSSR count). The number of carbonyl (C=O) groups is 2. The smallest absolute Gasteiger partial charge is 0.247 e. The molecule has 1 N–H and O–H groups in total. The number of rotatable bonds is 1.